The third kappa shape index (κ3) is 2.19. The van der Waals surface area contributed by atoms with Gasteiger partial charge < -0.3 is 10.6 Å². The molecule has 0 aromatic heterocycles. The van der Waals surface area contributed by atoms with E-state index in [0.717, 1.165) is 17.8 Å². The van der Waals surface area contributed by atoms with E-state index in [-0.39, 0.29) is 0 Å². The van der Waals surface area contributed by atoms with Crippen LogP contribution in [0.3, 0.4) is 0 Å². The molecule has 0 radical (unpaired) electrons. The Morgan fingerprint density at radius 3 is 2.64 bits per heavy atom. The summed E-state index contributed by atoms with van der Waals surface area (Å²) < 4.78 is 0. The summed E-state index contributed by atoms with van der Waals surface area (Å²) in [5.41, 5.74) is 9.19. The third-order valence-corrected chi connectivity index (χ3v) is 2.82. The molecule has 0 fully saturated rings. The Morgan fingerprint density at radius 2 is 2.07 bits per heavy atom. The molecule has 1 aromatic rings. The van der Waals surface area contributed by atoms with E-state index in [1.807, 2.05) is 12.1 Å². The number of nitrogens with zero attached hydrogens (tertiary/aromatic N) is 1. The number of anilines is 2. The van der Waals surface area contributed by atoms with Gasteiger partial charge >= 0.3 is 0 Å². The predicted octanol–water partition coefficient (Wildman–Crippen LogP) is 2.81. The first-order chi connectivity index (χ1) is 6.56. The molecule has 0 aliphatic rings. The minimum absolute atomic E-state index is 0.527. The van der Waals surface area contributed by atoms with Gasteiger partial charge in [0.1, 0.15) is 0 Å². The van der Waals surface area contributed by atoms with Crippen molar-refractivity contribution in [2.24, 2.45) is 0 Å². The molecule has 0 aliphatic heterocycles. The van der Waals surface area contributed by atoms with Crippen molar-refractivity contribution in [1.82, 2.24) is 0 Å². The molecule has 14 heavy (non-hydrogen) atoms. The maximum atomic E-state index is 5.94. The van der Waals surface area contributed by atoms with Gasteiger partial charge in [-0.3, -0.25) is 0 Å². The molecule has 0 saturated heterocycles. The quantitative estimate of drug-likeness (QED) is 0.746. The van der Waals surface area contributed by atoms with Crippen molar-refractivity contribution < 1.29 is 0 Å². The first-order valence-corrected chi connectivity index (χ1v) is 5.15. The largest absolute Gasteiger partial charge is 0.397 e. The summed E-state index contributed by atoms with van der Waals surface area (Å²) in [6.07, 6.45) is 1.13. The molecule has 0 spiro atoms. The van der Waals surface area contributed by atoms with Crippen LogP contribution >= 0.6 is 0 Å². The van der Waals surface area contributed by atoms with Gasteiger partial charge in [0, 0.05) is 13.1 Å². The minimum atomic E-state index is 0.527. The van der Waals surface area contributed by atoms with E-state index in [4.69, 9.17) is 5.73 Å². The molecule has 0 aliphatic carbocycles. The zero-order valence-electron chi connectivity index (χ0n) is 9.54. The molecule has 1 unspecified atom stereocenters. The van der Waals surface area contributed by atoms with Gasteiger partial charge in [0.15, 0.2) is 0 Å². The normalized spacial score (nSPS) is 12.6. The summed E-state index contributed by atoms with van der Waals surface area (Å²) in [7, 11) is 2.10. The lowest BCUT2D eigenvalue weighted by Crippen LogP contribution is -2.28. The molecule has 1 aromatic carbocycles. The number of aryl methyl sites for hydroxylation is 1. The second-order valence-corrected chi connectivity index (χ2v) is 3.93. The van der Waals surface area contributed by atoms with Gasteiger partial charge in [0.2, 0.25) is 0 Å². The molecule has 2 heteroatoms. The van der Waals surface area contributed by atoms with Gasteiger partial charge in [-0.2, -0.15) is 0 Å². The molecule has 0 saturated carbocycles. The van der Waals surface area contributed by atoms with Crippen LogP contribution in [0.1, 0.15) is 25.8 Å². The van der Waals surface area contributed by atoms with Crippen molar-refractivity contribution in [3.8, 4) is 0 Å². The molecule has 1 rings (SSSR count). The van der Waals surface area contributed by atoms with Crippen LogP contribution in [0.4, 0.5) is 11.4 Å². The van der Waals surface area contributed by atoms with Gasteiger partial charge in [-0.1, -0.05) is 13.0 Å². The molecule has 0 amide bonds. The lowest BCUT2D eigenvalue weighted by molar-refractivity contribution is 0.664. The highest BCUT2D eigenvalue weighted by Crippen LogP contribution is 2.25. The maximum Gasteiger partial charge on any atom is 0.0602 e. The van der Waals surface area contributed by atoms with Crippen LogP contribution in [0.15, 0.2) is 18.2 Å². The lowest BCUT2D eigenvalue weighted by atomic mass is 10.1. The van der Waals surface area contributed by atoms with Crippen LogP contribution in [0.25, 0.3) is 0 Å². The summed E-state index contributed by atoms with van der Waals surface area (Å²) in [4.78, 5) is 2.24. The zero-order valence-corrected chi connectivity index (χ0v) is 9.54. The molecule has 0 heterocycles. The van der Waals surface area contributed by atoms with Crippen molar-refractivity contribution in [3.05, 3.63) is 23.8 Å². The summed E-state index contributed by atoms with van der Waals surface area (Å²) in [6, 6.07) is 6.69. The van der Waals surface area contributed by atoms with E-state index in [1.165, 1.54) is 5.56 Å². The molecule has 2 N–H and O–H groups in total. The lowest BCUT2D eigenvalue weighted by Gasteiger charge is -2.27. The second-order valence-electron chi connectivity index (χ2n) is 3.93. The first-order valence-electron chi connectivity index (χ1n) is 5.15. The first kappa shape index (κ1) is 10.9. The highest BCUT2D eigenvalue weighted by atomic mass is 15.1. The smallest absolute Gasteiger partial charge is 0.0602 e. The Hall–Kier alpha value is -1.18. The Balaban J connectivity index is 2.99. The standard InChI is InChI=1S/C12H20N2/c1-5-10(3)14(4)12-8-9(2)6-7-11(12)13/h6-8,10H,5,13H2,1-4H3. The third-order valence-electron chi connectivity index (χ3n) is 2.82. The highest BCUT2D eigenvalue weighted by Gasteiger charge is 2.10. The summed E-state index contributed by atoms with van der Waals surface area (Å²) >= 11 is 0. The molecular weight excluding hydrogens is 172 g/mol. The number of rotatable bonds is 3. The molecule has 2 nitrogen and oxygen atoms in total. The van der Waals surface area contributed by atoms with Crippen LogP contribution in [0, 0.1) is 6.92 Å². The number of nitrogen functional groups attached to an aromatic ring is 1. The van der Waals surface area contributed by atoms with E-state index in [0.29, 0.717) is 6.04 Å². The molecular formula is C12H20N2. The van der Waals surface area contributed by atoms with Crippen LogP contribution in [0.2, 0.25) is 0 Å². The fraction of sp³-hybridized carbons (Fsp3) is 0.500. The fourth-order valence-corrected chi connectivity index (χ4v) is 1.47. The van der Waals surface area contributed by atoms with Crippen LogP contribution < -0.4 is 10.6 Å². The van der Waals surface area contributed by atoms with E-state index < -0.39 is 0 Å². The number of nitrogens with two attached hydrogens (primary N) is 1. The SMILES string of the molecule is CCC(C)N(C)c1cc(C)ccc1N. The van der Waals surface area contributed by atoms with Crippen molar-refractivity contribution in [1.29, 1.82) is 0 Å². The minimum Gasteiger partial charge on any atom is -0.397 e. The van der Waals surface area contributed by atoms with Gasteiger partial charge in [0.25, 0.3) is 0 Å². The molecule has 78 valence electrons. The van der Waals surface area contributed by atoms with Crippen molar-refractivity contribution in [3.63, 3.8) is 0 Å². The number of hydrogen-bond acceptors (Lipinski definition) is 2. The predicted molar refractivity (Wildman–Crippen MR) is 63.7 cm³/mol. The van der Waals surface area contributed by atoms with Gasteiger partial charge in [-0.05, 0) is 38.0 Å². The van der Waals surface area contributed by atoms with Gasteiger partial charge in [-0.25, -0.2) is 0 Å². The van der Waals surface area contributed by atoms with Gasteiger partial charge in [-0.15, -0.1) is 0 Å². The van der Waals surface area contributed by atoms with Crippen molar-refractivity contribution in [2.45, 2.75) is 33.2 Å². The van der Waals surface area contributed by atoms with Crippen molar-refractivity contribution in [2.75, 3.05) is 17.7 Å². The summed E-state index contributed by atoms with van der Waals surface area (Å²) in [5.74, 6) is 0. The summed E-state index contributed by atoms with van der Waals surface area (Å²) in [6.45, 7) is 6.49. The molecule has 1 atom stereocenters. The van der Waals surface area contributed by atoms with Crippen molar-refractivity contribution >= 4 is 11.4 Å². The van der Waals surface area contributed by atoms with E-state index in [2.05, 4.69) is 38.8 Å². The Bertz CT molecular complexity index is 307. The van der Waals surface area contributed by atoms with Crippen LogP contribution in [0.5, 0.6) is 0 Å². The average Bonchev–Trinajstić information content (AvgIpc) is 2.19. The van der Waals surface area contributed by atoms with E-state index in [1.54, 1.807) is 0 Å². The second kappa shape index (κ2) is 4.36. The Labute approximate surface area is 86.7 Å². The monoisotopic (exact) mass is 192 g/mol. The van der Waals surface area contributed by atoms with Crippen LogP contribution in [-0.4, -0.2) is 13.1 Å². The Morgan fingerprint density at radius 1 is 1.43 bits per heavy atom. The highest BCUT2D eigenvalue weighted by molar-refractivity contribution is 5.68. The number of hydrogen-bond donors (Lipinski definition) is 1. The van der Waals surface area contributed by atoms with E-state index in [9.17, 15) is 0 Å². The summed E-state index contributed by atoms with van der Waals surface area (Å²) in [5, 5.41) is 0. The Kier molecular flexibility index (Phi) is 3.39. The zero-order chi connectivity index (χ0) is 10.7. The molecule has 0 bridgehead atoms. The number of benzene rings is 1. The fourth-order valence-electron chi connectivity index (χ4n) is 1.47. The topological polar surface area (TPSA) is 29.3 Å². The average molecular weight is 192 g/mol. The van der Waals surface area contributed by atoms with E-state index >= 15 is 0 Å². The van der Waals surface area contributed by atoms with Crippen LogP contribution in [-0.2, 0) is 0 Å². The van der Waals surface area contributed by atoms with Gasteiger partial charge in [0.05, 0.1) is 11.4 Å². The maximum absolute atomic E-state index is 5.94.